The summed E-state index contributed by atoms with van der Waals surface area (Å²) >= 11 is 6.07. The molecule has 0 aliphatic carbocycles. The molecule has 3 aliphatic heterocycles. The Bertz CT molecular complexity index is 1030. The van der Waals surface area contributed by atoms with E-state index in [9.17, 15) is 4.79 Å². The number of carbonyl (C=O) groups is 1. The van der Waals surface area contributed by atoms with Crippen molar-refractivity contribution in [3.05, 3.63) is 53.1 Å². The van der Waals surface area contributed by atoms with Crippen molar-refractivity contribution in [1.29, 1.82) is 0 Å². The highest BCUT2D eigenvalue weighted by Gasteiger charge is 2.46. The van der Waals surface area contributed by atoms with Crippen LogP contribution in [0.1, 0.15) is 18.4 Å². The zero-order valence-corrected chi connectivity index (χ0v) is 18.3. The summed E-state index contributed by atoms with van der Waals surface area (Å²) < 4.78 is 5.32. The van der Waals surface area contributed by atoms with Crippen molar-refractivity contribution >= 4 is 34.7 Å². The minimum Gasteiger partial charge on any atom is -0.495 e. The Morgan fingerprint density at radius 1 is 1.23 bits per heavy atom. The second-order valence-corrected chi connectivity index (χ2v) is 8.66. The number of halogens is 1. The van der Waals surface area contributed by atoms with Crippen LogP contribution in [0.5, 0.6) is 5.75 Å². The number of benzene rings is 2. The zero-order valence-electron chi connectivity index (χ0n) is 17.5. The second-order valence-electron chi connectivity index (χ2n) is 8.23. The second kappa shape index (κ2) is 8.05. The molecule has 3 heterocycles. The molecule has 0 radical (unpaired) electrons. The number of methoxy groups -OCH3 is 1. The molecule has 31 heavy (non-hydrogen) atoms. The van der Waals surface area contributed by atoms with E-state index in [1.165, 1.54) is 5.56 Å². The number of amides is 1. The number of hydrogen-bond donors (Lipinski definition) is 2. The summed E-state index contributed by atoms with van der Waals surface area (Å²) in [5.41, 5.74) is 2.80. The fourth-order valence-corrected chi connectivity index (χ4v) is 5.02. The van der Waals surface area contributed by atoms with Crippen LogP contribution in [0.3, 0.4) is 0 Å². The van der Waals surface area contributed by atoms with Gasteiger partial charge in [-0.05, 0) is 30.3 Å². The number of amidine groups is 1. The van der Waals surface area contributed by atoms with Crippen LogP contribution in [0.25, 0.3) is 0 Å². The van der Waals surface area contributed by atoms with Gasteiger partial charge in [0.25, 0.3) is 0 Å². The van der Waals surface area contributed by atoms with Gasteiger partial charge in [0.1, 0.15) is 17.2 Å². The number of fused-ring (bicyclic) bond motifs is 4. The maximum Gasteiger partial charge on any atom is 0.238 e. The number of carbonyl (C=O) groups excluding carboxylic acids is 1. The minimum atomic E-state index is -0.132. The number of rotatable bonds is 4. The highest BCUT2D eigenvalue weighted by molar-refractivity contribution is 6.31. The fraction of sp³-hybridized carbons (Fsp3) is 0.391. The number of likely N-dealkylation sites (tertiary alicyclic amines) is 1. The van der Waals surface area contributed by atoms with Gasteiger partial charge in [-0.3, -0.25) is 14.7 Å². The lowest BCUT2D eigenvalue weighted by Crippen LogP contribution is -2.63. The average molecular weight is 440 g/mol. The summed E-state index contributed by atoms with van der Waals surface area (Å²) in [7, 11) is 1.58. The van der Waals surface area contributed by atoms with Crippen LogP contribution >= 0.6 is 11.6 Å². The number of hydrogen-bond acceptors (Lipinski definition) is 6. The monoisotopic (exact) mass is 439 g/mol. The molecule has 1 amide bonds. The van der Waals surface area contributed by atoms with E-state index in [0.29, 0.717) is 23.0 Å². The molecular formula is C23H26ClN5O2. The Hall–Kier alpha value is -2.77. The molecule has 2 aromatic carbocycles. The van der Waals surface area contributed by atoms with Crippen LogP contribution in [0.15, 0.2) is 47.5 Å². The Kier molecular flexibility index (Phi) is 5.24. The van der Waals surface area contributed by atoms with Gasteiger partial charge in [-0.15, -0.1) is 0 Å². The Balaban J connectivity index is 1.25. The van der Waals surface area contributed by atoms with Gasteiger partial charge in [-0.25, -0.2) is 0 Å². The Labute approximate surface area is 187 Å². The standard InChI is InChI=1S/C23H26ClN5O2/c1-31-20-7-6-16(24)14-19(20)26-21(30)15-28-11-8-23(9-12-28)27-18-5-3-2-4-17(18)22-25-10-13-29(22)23/h2-7,14,27H,8-13,15H2,1H3,(H,26,30). The summed E-state index contributed by atoms with van der Waals surface area (Å²) in [4.78, 5) is 22.1. The molecule has 5 rings (SSSR count). The van der Waals surface area contributed by atoms with Gasteiger partial charge < -0.3 is 20.3 Å². The van der Waals surface area contributed by atoms with E-state index < -0.39 is 0 Å². The van der Waals surface area contributed by atoms with E-state index >= 15 is 0 Å². The van der Waals surface area contributed by atoms with E-state index in [2.05, 4.69) is 44.7 Å². The molecule has 2 N–H and O–H groups in total. The lowest BCUT2D eigenvalue weighted by molar-refractivity contribution is -0.117. The molecule has 7 nitrogen and oxygen atoms in total. The summed E-state index contributed by atoms with van der Waals surface area (Å²) in [6.07, 6.45) is 1.85. The molecule has 1 saturated heterocycles. The van der Waals surface area contributed by atoms with Crippen LogP contribution in [-0.4, -0.2) is 67.0 Å². The molecule has 0 bridgehead atoms. The third-order valence-electron chi connectivity index (χ3n) is 6.38. The predicted octanol–water partition coefficient (Wildman–Crippen LogP) is 3.27. The number of nitrogens with one attached hydrogen (secondary N) is 2. The van der Waals surface area contributed by atoms with Gasteiger partial charge in [0, 0.05) is 48.7 Å². The van der Waals surface area contributed by atoms with E-state index in [-0.39, 0.29) is 11.6 Å². The molecule has 1 fully saturated rings. The highest BCUT2D eigenvalue weighted by Crippen LogP contribution is 2.39. The molecule has 0 unspecified atom stereocenters. The van der Waals surface area contributed by atoms with Crippen molar-refractivity contribution < 1.29 is 9.53 Å². The lowest BCUT2D eigenvalue weighted by atomic mass is 9.90. The third-order valence-corrected chi connectivity index (χ3v) is 6.61. The number of anilines is 2. The number of aliphatic imine (C=N–C) groups is 1. The van der Waals surface area contributed by atoms with Gasteiger partial charge in [0.15, 0.2) is 0 Å². The Morgan fingerprint density at radius 3 is 2.84 bits per heavy atom. The maximum absolute atomic E-state index is 12.7. The largest absolute Gasteiger partial charge is 0.495 e. The fourth-order valence-electron chi connectivity index (χ4n) is 4.85. The van der Waals surface area contributed by atoms with Gasteiger partial charge in [-0.2, -0.15) is 0 Å². The molecule has 0 aromatic heterocycles. The summed E-state index contributed by atoms with van der Waals surface area (Å²) in [6.45, 7) is 3.77. The Morgan fingerprint density at radius 2 is 2.03 bits per heavy atom. The van der Waals surface area contributed by atoms with E-state index in [4.69, 9.17) is 21.3 Å². The molecule has 2 aromatic rings. The SMILES string of the molecule is COc1ccc(Cl)cc1NC(=O)CN1CCC2(CC1)Nc1ccccc1C1=NCCN12. The van der Waals surface area contributed by atoms with Crippen LogP contribution in [-0.2, 0) is 4.79 Å². The maximum atomic E-state index is 12.7. The molecule has 162 valence electrons. The van der Waals surface area contributed by atoms with Gasteiger partial charge in [-0.1, -0.05) is 23.7 Å². The van der Waals surface area contributed by atoms with Crippen LogP contribution in [0, 0.1) is 0 Å². The predicted molar refractivity (Wildman–Crippen MR) is 123 cm³/mol. The molecule has 8 heteroatoms. The number of ether oxygens (including phenoxy) is 1. The summed E-state index contributed by atoms with van der Waals surface area (Å²) in [5, 5.41) is 7.30. The summed E-state index contributed by atoms with van der Waals surface area (Å²) in [5.74, 6) is 1.64. The zero-order chi connectivity index (χ0) is 21.4. The van der Waals surface area contributed by atoms with Crippen molar-refractivity contribution in [2.45, 2.75) is 18.5 Å². The average Bonchev–Trinajstić information content (AvgIpc) is 3.27. The third kappa shape index (κ3) is 3.72. The molecule has 3 aliphatic rings. The molecule has 1 spiro atoms. The van der Waals surface area contributed by atoms with Crippen molar-refractivity contribution in [2.75, 3.05) is 50.5 Å². The molecule has 0 atom stereocenters. The minimum absolute atomic E-state index is 0.0677. The van der Waals surface area contributed by atoms with Crippen molar-refractivity contribution in [1.82, 2.24) is 9.80 Å². The first-order valence-electron chi connectivity index (χ1n) is 10.6. The first kappa shape index (κ1) is 20.2. The lowest BCUT2D eigenvalue weighted by Gasteiger charge is -2.52. The van der Waals surface area contributed by atoms with Crippen LogP contribution < -0.4 is 15.4 Å². The number of piperidine rings is 1. The smallest absolute Gasteiger partial charge is 0.238 e. The topological polar surface area (TPSA) is 69.2 Å². The van der Waals surface area contributed by atoms with Crippen molar-refractivity contribution in [2.24, 2.45) is 4.99 Å². The van der Waals surface area contributed by atoms with Crippen LogP contribution in [0.4, 0.5) is 11.4 Å². The normalized spacial score (nSPS) is 19.3. The number of nitrogens with zero attached hydrogens (tertiary/aromatic N) is 3. The van der Waals surface area contributed by atoms with E-state index in [1.54, 1.807) is 25.3 Å². The first-order chi connectivity index (χ1) is 15.1. The van der Waals surface area contributed by atoms with E-state index in [0.717, 1.165) is 50.5 Å². The quantitative estimate of drug-likeness (QED) is 0.765. The van der Waals surface area contributed by atoms with Crippen molar-refractivity contribution in [3.63, 3.8) is 0 Å². The first-order valence-corrected chi connectivity index (χ1v) is 11.0. The van der Waals surface area contributed by atoms with Crippen molar-refractivity contribution in [3.8, 4) is 5.75 Å². The van der Waals surface area contributed by atoms with Crippen LogP contribution in [0.2, 0.25) is 5.02 Å². The molecule has 0 saturated carbocycles. The van der Waals surface area contributed by atoms with Gasteiger partial charge in [0.2, 0.25) is 5.91 Å². The summed E-state index contributed by atoms with van der Waals surface area (Å²) in [6, 6.07) is 13.6. The highest BCUT2D eigenvalue weighted by atomic mass is 35.5. The van der Waals surface area contributed by atoms with Gasteiger partial charge >= 0.3 is 0 Å². The van der Waals surface area contributed by atoms with E-state index in [1.807, 2.05) is 0 Å². The molecular weight excluding hydrogens is 414 g/mol. The number of para-hydroxylation sites is 1. The van der Waals surface area contributed by atoms with Gasteiger partial charge in [0.05, 0.1) is 25.9 Å².